The van der Waals surface area contributed by atoms with Crippen LogP contribution in [0.25, 0.3) is 9.92 Å². The second kappa shape index (κ2) is 7.40. The Kier molecular flexibility index (Phi) is 4.70. The Morgan fingerprint density at radius 3 is 1.57 bits per heavy atom. The summed E-state index contributed by atoms with van der Waals surface area (Å²) >= 11 is 15.0. The zero-order valence-corrected chi connectivity index (χ0v) is 17.9. The molecule has 0 fully saturated rings. The van der Waals surface area contributed by atoms with Crippen molar-refractivity contribution >= 4 is 79.0 Å². The van der Waals surface area contributed by atoms with Gasteiger partial charge in [0.05, 0.1) is 0 Å². The van der Waals surface area contributed by atoms with Gasteiger partial charge >= 0.3 is 0 Å². The topological polar surface area (TPSA) is 92.8 Å². The van der Waals surface area contributed by atoms with Gasteiger partial charge in [0.15, 0.2) is 31.6 Å². The van der Waals surface area contributed by atoms with Crippen LogP contribution in [0.5, 0.6) is 0 Å². The van der Waals surface area contributed by atoms with E-state index in [1.54, 1.807) is 45.5 Å². The molecule has 4 aromatic heterocycles. The molecule has 0 aliphatic rings. The van der Waals surface area contributed by atoms with Crippen LogP contribution in [-0.4, -0.2) is 30.6 Å². The lowest BCUT2D eigenvalue weighted by Gasteiger charge is -2.08. The third kappa shape index (κ3) is 3.23. The molecular weight excluding hydrogens is 467 g/mol. The predicted molar refractivity (Wildman–Crippen MR) is 119 cm³/mol. The van der Waals surface area contributed by atoms with Crippen molar-refractivity contribution in [2.45, 2.75) is 0 Å². The highest BCUT2D eigenvalue weighted by Gasteiger charge is 2.20. The Morgan fingerprint density at radius 1 is 0.767 bits per heavy atom. The number of hydrogen-bond donors (Lipinski definition) is 2. The number of benzene rings is 1. The van der Waals surface area contributed by atoms with Gasteiger partial charge in [-0.05, 0) is 24.3 Å². The van der Waals surface area contributed by atoms with Crippen LogP contribution in [-0.2, 0) is 0 Å². The molecular formula is C18H10Cl2N6O2S2. The minimum atomic E-state index is -0.381. The van der Waals surface area contributed by atoms with E-state index in [9.17, 15) is 9.59 Å². The van der Waals surface area contributed by atoms with Crippen LogP contribution in [0.15, 0.2) is 47.4 Å². The van der Waals surface area contributed by atoms with E-state index < -0.39 is 0 Å². The number of rotatable bonds is 4. The number of anilines is 2. The molecule has 0 radical (unpaired) electrons. The largest absolute Gasteiger partial charge is 0.321 e. The molecule has 1 aromatic carbocycles. The Morgan fingerprint density at radius 2 is 1.17 bits per heavy atom. The molecule has 5 rings (SSSR count). The zero-order chi connectivity index (χ0) is 20.8. The van der Waals surface area contributed by atoms with E-state index in [0.29, 0.717) is 21.3 Å². The fourth-order valence-corrected chi connectivity index (χ4v) is 4.98. The minimum Gasteiger partial charge on any atom is -0.321 e. The first kappa shape index (κ1) is 19.1. The molecule has 4 heterocycles. The Hall–Kier alpha value is -2.92. The van der Waals surface area contributed by atoms with E-state index in [4.69, 9.17) is 23.2 Å². The number of fused-ring (bicyclic) bond motifs is 2. The first-order valence-corrected chi connectivity index (χ1v) is 11.0. The standard InChI is InChI=1S/C18H10Cl2N6O2S2/c19-13-11(25-5-7-29-17(25)23-13)15(27)21-9-1-2-10(4-3-9)22-16(28)12-14(20)24-18-26(12)6-8-30-18/h1-8H,(H,21,27)(H,22,28). The normalized spacial score (nSPS) is 11.3. The van der Waals surface area contributed by atoms with Gasteiger partial charge in [-0.1, -0.05) is 23.2 Å². The van der Waals surface area contributed by atoms with Crippen molar-refractivity contribution in [3.8, 4) is 0 Å². The monoisotopic (exact) mass is 476 g/mol. The Balaban J connectivity index is 1.32. The summed E-state index contributed by atoms with van der Waals surface area (Å²) in [6.07, 6.45) is 3.47. The van der Waals surface area contributed by atoms with Gasteiger partial charge in [-0.15, -0.1) is 22.7 Å². The number of nitrogens with zero attached hydrogens (tertiary/aromatic N) is 4. The third-order valence-corrected chi connectivity index (χ3v) is 6.31. The molecule has 5 aromatic rings. The molecule has 150 valence electrons. The van der Waals surface area contributed by atoms with Crippen LogP contribution < -0.4 is 10.6 Å². The SMILES string of the molecule is O=C(Nc1ccc(NC(=O)c2c(Cl)nc3sccn23)cc1)c1c(Cl)nc2sccn12. The highest BCUT2D eigenvalue weighted by atomic mass is 35.5. The summed E-state index contributed by atoms with van der Waals surface area (Å²) in [7, 11) is 0. The lowest BCUT2D eigenvalue weighted by molar-refractivity contribution is 0.101. The zero-order valence-electron chi connectivity index (χ0n) is 14.8. The maximum Gasteiger partial charge on any atom is 0.275 e. The summed E-state index contributed by atoms with van der Waals surface area (Å²) in [4.78, 5) is 34.8. The lowest BCUT2D eigenvalue weighted by Crippen LogP contribution is -2.15. The maximum atomic E-state index is 12.6. The number of thiazole rings is 2. The van der Waals surface area contributed by atoms with Gasteiger partial charge in [0.2, 0.25) is 0 Å². The van der Waals surface area contributed by atoms with Crippen molar-refractivity contribution in [3.63, 3.8) is 0 Å². The van der Waals surface area contributed by atoms with Gasteiger partial charge in [-0.25, -0.2) is 9.97 Å². The Bertz CT molecular complexity index is 1310. The van der Waals surface area contributed by atoms with E-state index in [1.807, 2.05) is 10.8 Å². The molecule has 0 bridgehead atoms. The molecule has 2 amide bonds. The van der Waals surface area contributed by atoms with Crippen LogP contribution in [0, 0.1) is 0 Å². The van der Waals surface area contributed by atoms with Crippen LogP contribution >= 0.6 is 45.9 Å². The summed E-state index contributed by atoms with van der Waals surface area (Å²) in [6.45, 7) is 0. The number of carbonyl (C=O) groups is 2. The molecule has 0 unspecified atom stereocenters. The maximum absolute atomic E-state index is 12.6. The molecule has 0 saturated carbocycles. The van der Waals surface area contributed by atoms with Crippen molar-refractivity contribution in [2.24, 2.45) is 0 Å². The van der Waals surface area contributed by atoms with E-state index in [2.05, 4.69) is 20.6 Å². The minimum absolute atomic E-state index is 0.140. The van der Waals surface area contributed by atoms with Gasteiger partial charge in [0, 0.05) is 34.5 Å². The second-order valence-electron chi connectivity index (χ2n) is 6.10. The third-order valence-electron chi connectivity index (χ3n) is 4.27. The van der Waals surface area contributed by atoms with E-state index in [0.717, 1.165) is 0 Å². The number of halogens is 2. The van der Waals surface area contributed by atoms with E-state index in [-0.39, 0.29) is 33.5 Å². The molecule has 0 saturated heterocycles. The van der Waals surface area contributed by atoms with E-state index in [1.165, 1.54) is 22.7 Å². The smallest absolute Gasteiger partial charge is 0.275 e. The quantitative estimate of drug-likeness (QED) is 0.385. The van der Waals surface area contributed by atoms with Gasteiger partial charge in [0.25, 0.3) is 11.8 Å². The van der Waals surface area contributed by atoms with Crippen molar-refractivity contribution in [1.29, 1.82) is 0 Å². The molecule has 12 heteroatoms. The van der Waals surface area contributed by atoms with Gasteiger partial charge in [0.1, 0.15) is 0 Å². The number of aromatic nitrogens is 4. The summed E-state index contributed by atoms with van der Waals surface area (Å²) in [6, 6.07) is 6.69. The van der Waals surface area contributed by atoms with Crippen molar-refractivity contribution in [3.05, 3.63) is 69.1 Å². The van der Waals surface area contributed by atoms with Crippen molar-refractivity contribution < 1.29 is 9.59 Å². The highest BCUT2D eigenvalue weighted by molar-refractivity contribution is 7.15. The molecule has 0 aliphatic heterocycles. The predicted octanol–water partition coefficient (Wildman–Crippen LogP) is 4.92. The highest BCUT2D eigenvalue weighted by Crippen LogP contribution is 2.24. The van der Waals surface area contributed by atoms with Crippen molar-refractivity contribution in [1.82, 2.24) is 18.8 Å². The van der Waals surface area contributed by atoms with Crippen LogP contribution in [0.3, 0.4) is 0 Å². The average Bonchev–Trinajstić information content (AvgIpc) is 3.44. The van der Waals surface area contributed by atoms with Crippen LogP contribution in [0.1, 0.15) is 21.0 Å². The lowest BCUT2D eigenvalue weighted by atomic mass is 10.2. The first-order valence-electron chi connectivity index (χ1n) is 8.46. The molecule has 0 spiro atoms. The number of carbonyl (C=O) groups excluding carboxylic acids is 2. The summed E-state index contributed by atoms with van der Waals surface area (Å²) in [5.41, 5.74) is 1.62. The van der Waals surface area contributed by atoms with Gasteiger partial charge in [-0.2, -0.15) is 0 Å². The molecule has 0 atom stereocenters. The fourth-order valence-electron chi connectivity index (χ4n) is 2.94. The summed E-state index contributed by atoms with van der Waals surface area (Å²) < 4.78 is 3.27. The fraction of sp³-hybridized carbons (Fsp3) is 0. The summed E-state index contributed by atoms with van der Waals surface area (Å²) in [5.74, 6) is -0.762. The molecule has 0 aliphatic carbocycles. The molecule has 2 N–H and O–H groups in total. The number of hydrogen-bond acceptors (Lipinski definition) is 6. The first-order chi connectivity index (χ1) is 14.5. The summed E-state index contributed by atoms with van der Waals surface area (Å²) in [5, 5.41) is 9.48. The molecule has 30 heavy (non-hydrogen) atoms. The molecule has 8 nitrogen and oxygen atoms in total. The number of amides is 2. The second-order valence-corrected chi connectivity index (χ2v) is 8.56. The van der Waals surface area contributed by atoms with Crippen molar-refractivity contribution in [2.75, 3.05) is 10.6 Å². The van der Waals surface area contributed by atoms with Gasteiger partial charge in [-0.3, -0.25) is 18.4 Å². The van der Waals surface area contributed by atoms with Crippen LogP contribution in [0.2, 0.25) is 10.3 Å². The average molecular weight is 477 g/mol. The van der Waals surface area contributed by atoms with Gasteiger partial charge < -0.3 is 10.6 Å². The Labute approximate surface area is 186 Å². The number of nitrogens with one attached hydrogen (secondary N) is 2. The number of imidazole rings is 2. The van der Waals surface area contributed by atoms with Crippen LogP contribution in [0.4, 0.5) is 11.4 Å². The van der Waals surface area contributed by atoms with E-state index >= 15 is 0 Å².